The Morgan fingerprint density at radius 1 is 0.438 bits per heavy atom. The number of furan rings is 1. The van der Waals surface area contributed by atoms with Crippen molar-refractivity contribution < 1.29 is 4.42 Å². The van der Waals surface area contributed by atoms with E-state index in [1.807, 2.05) is 6.07 Å². The van der Waals surface area contributed by atoms with E-state index >= 15 is 0 Å². The summed E-state index contributed by atoms with van der Waals surface area (Å²) in [5.41, 5.74) is 9.09. The van der Waals surface area contributed by atoms with Crippen LogP contribution in [-0.4, -0.2) is 0 Å². The van der Waals surface area contributed by atoms with Crippen molar-refractivity contribution in [1.29, 1.82) is 0 Å². The van der Waals surface area contributed by atoms with Crippen LogP contribution < -0.4 is 0 Å². The summed E-state index contributed by atoms with van der Waals surface area (Å²) in [7, 11) is 0. The fourth-order valence-corrected chi connectivity index (χ4v) is 5.72. The summed E-state index contributed by atoms with van der Waals surface area (Å²) in [5.74, 6) is 0. The van der Waals surface area contributed by atoms with Crippen molar-refractivity contribution in [3.05, 3.63) is 144 Å². The van der Waals surface area contributed by atoms with Crippen LogP contribution in [0.3, 0.4) is 0 Å². The van der Waals surface area contributed by atoms with Gasteiger partial charge in [-0.05, 0) is 33.9 Å². The van der Waals surface area contributed by atoms with Gasteiger partial charge in [-0.3, -0.25) is 0 Å². The van der Waals surface area contributed by atoms with E-state index in [4.69, 9.17) is 4.42 Å². The molecular weight excluding hydrogens is 388 g/mol. The van der Waals surface area contributed by atoms with Crippen LogP contribution >= 0.6 is 0 Å². The number of hydrogen-bond donors (Lipinski definition) is 0. The summed E-state index contributed by atoms with van der Waals surface area (Å²) in [5, 5.41) is 2.32. The first-order chi connectivity index (χ1) is 15.9. The van der Waals surface area contributed by atoms with Crippen LogP contribution in [0, 0.1) is 0 Å². The van der Waals surface area contributed by atoms with Crippen LogP contribution in [0.5, 0.6) is 0 Å². The maximum atomic E-state index is 6.57. The van der Waals surface area contributed by atoms with E-state index in [9.17, 15) is 0 Å². The third-order valence-corrected chi connectivity index (χ3v) is 6.97. The molecule has 1 heteroatoms. The lowest BCUT2D eigenvalue weighted by Gasteiger charge is -2.33. The minimum atomic E-state index is -0.443. The third kappa shape index (κ3) is 2.13. The van der Waals surface area contributed by atoms with Crippen molar-refractivity contribution in [2.75, 3.05) is 0 Å². The average Bonchev–Trinajstić information content (AvgIpc) is 3.39. The van der Waals surface area contributed by atoms with Gasteiger partial charge in [-0.2, -0.15) is 0 Å². The predicted octanol–water partition coefficient (Wildman–Crippen LogP) is 7.95. The van der Waals surface area contributed by atoms with Crippen molar-refractivity contribution in [3.8, 4) is 11.1 Å². The lowest BCUT2D eigenvalue weighted by atomic mass is 9.67. The number of para-hydroxylation sites is 2. The highest BCUT2D eigenvalue weighted by Gasteiger charge is 2.47. The molecule has 0 N–H and O–H groups in total. The molecule has 0 aliphatic heterocycles. The lowest BCUT2D eigenvalue weighted by molar-refractivity contribution is 0.648. The van der Waals surface area contributed by atoms with Crippen LogP contribution in [0.2, 0.25) is 0 Å². The minimum Gasteiger partial charge on any atom is -0.456 e. The van der Waals surface area contributed by atoms with E-state index in [2.05, 4.69) is 115 Å². The van der Waals surface area contributed by atoms with Gasteiger partial charge >= 0.3 is 0 Å². The highest BCUT2D eigenvalue weighted by Crippen LogP contribution is 2.57. The fourth-order valence-electron chi connectivity index (χ4n) is 5.72. The highest BCUT2D eigenvalue weighted by molar-refractivity contribution is 6.07. The zero-order valence-corrected chi connectivity index (χ0v) is 17.5. The Bertz CT molecular complexity index is 1580. The smallest absolute Gasteiger partial charge is 0.140 e. The van der Waals surface area contributed by atoms with Gasteiger partial charge in [-0.15, -0.1) is 0 Å². The summed E-state index contributed by atoms with van der Waals surface area (Å²) in [4.78, 5) is 0. The summed E-state index contributed by atoms with van der Waals surface area (Å²) in [6.07, 6.45) is 0. The van der Waals surface area contributed by atoms with Crippen LogP contribution in [-0.2, 0) is 5.41 Å². The van der Waals surface area contributed by atoms with E-state index in [-0.39, 0.29) is 0 Å². The molecule has 1 nitrogen and oxygen atoms in total. The van der Waals surface area contributed by atoms with Gasteiger partial charge in [0.1, 0.15) is 11.2 Å². The first kappa shape index (κ1) is 17.6. The predicted molar refractivity (Wildman–Crippen MR) is 131 cm³/mol. The van der Waals surface area contributed by atoms with Crippen LogP contribution in [0.25, 0.3) is 33.1 Å². The summed E-state index contributed by atoms with van der Waals surface area (Å²) in [6.45, 7) is 0. The second-order valence-electron chi connectivity index (χ2n) is 8.49. The zero-order chi connectivity index (χ0) is 21.1. The normalized spacial score (nSPS) is 13.9. The molecule has 1 aliphatic rings. The Hall–Kier alpha value is -4.10. The van der Waals surface area contributed by atoms with Gasteiger partial charge in [0, 0.05) is 16.3 Å². The van der Waals surface area contributed by atoms with Gasteiger partial charge < -0.3 is 4.42 Å². The first-order valence-electron chi connectivity index (χ1n) is 11.0. The van der Waals surface area contributed by atoms with Crippen LogP contribution in [0.1, 0.15) is 22.3 Å². The Balaban J connectivity index is 1.72. The van der Waals surface area contributed by atoms with Gasteiger partial charge in [0.2, 0.25) is 0 Å². The quantitative estimate of drug-likeness (QED) is 0.283. The van der Waals surface area contributed by atoms with E-state index in [1.165, 1.54) is 33.4 Å². The van der Waals surface area contributed by atoms with Gasteiger partial charge in [0.05, 0.1) is 5.41 Å². The summed E-state index contributed by atoms with van der Waals surface area (Å²) >= 11 is 0. The lowest BCUT2D eigenvalue weighted by Crippen LogP contribution is -2.28. The van der Waals surface area contributed by atoms with Gasteiger partial charge in [-0.25, -0.2) is 0 Å². The molecule has 0 fully saturated rings. The molecule has 0 amide bonds. The Morgan fingerprint density at radius 2 is 1.00 bits per heavy atom. The molecule has 0 unspecified atom stereocenters. The summed E-state index contributed by atoms with van der Waals surface area (Å²) in [6, 6.07) is 43.4. The SMILES string of the molecule is c1ccc(C2(c3cccc4c3oc3ccccc34)c3ccccc3-c3ccccc32)cc1. The molecule has 0 radical (unpaired) electrons. The van der Waals surface area contributed by atoms with Gasteiger partial charge in [0.15, 0.2) is 0 Å². The molecule has 0 bridgehead atoms. The van der Waals surface area contributed by atoms with Crippen molar-refractivity contribution >= 4 is 21.9 Å². The zero-order valence-electron chi connectivity index (χ0n) is 17.5. The third-order valence-electron chi connectivity index (χ3n) is 6.97. The molecule has 32 heavy (non-hydrogen) atoms. The first-order valence-corrected chi connectivity index (χ1v) is 11.0. The molecular formula is C31H20O. The molecule has 0 spiro atoms. The molecule has 0 saturated carbocycles. The molecule has 150 valence electrons. The minimum absolute atomic E-state index is 0.443. The summed E-state index contributed by atoms with van der Waals surface area (Å²) < 4.78 is 6.57. The maximum Gasteiger partial charge on any atom is 0.140 e. The molecule has 1 aliphatic carbocycles. The number of rotatable bonds is 2. The van der Waals surface area contributed by atoms with Crippen molar-refractivity contribution in [1.82, 2.24) is 0 Å². The Labute approximate surface area is 186 Å². The van der Waals surface area contributed by atoms with Gasteiger partial charge in [0.25, 0.3) is 0 Å². The van der Waals surface area contributed by atoms with E-state index < -0.39 is 5.41 Å². The van der Waals surface area contributed by atoms with Crippen molar-refractivity contribution in [2.45, 2.75) is 5.41 Å². The Kier molecular flexibility index (Phi) is 3.54. The molecule has 6 aromatic rings. The Morgan fingerprint density at radius 3 is 1.75 bits per heavy atom. The van der Waals surface area contributed by atoms with Crippen molar-refractivity contribution in [3.63, 3.8) is 0 Å². The van der Waals surface area contributed by atoms with E-state index in [0.717, 1.165) is 21.9 Å². The maximum absolute atomic E-state index is 6.57. The van der Waals surface area contributed by atoms with Gasteiger partial charge in [-0.1, -0.05) is 115 Å². The molecule has 1 heterocycles. The average molecular weight is 409 g/mol. The van der Waals surface area contributed by atoms with E-state index in [0.29, 0.717) is 0 Å². The molecule has 7 rings (SSSR count). The molecule has 5 aromatic carbocycles. The number of benzene rings is 5. The topological polar surface area (TPSA) is 13.1 Å². The van der Waals surface area contributed by atoms with Crippen molar-refractivity contribution in [2.24, 2.45) is 0 Å². The van der Waals surface area contributed by atoms with Crippen LogP contribution in [0.15, 0.2) is 126 Å². The standard InChI is InChI=1S/C31H20O/c1-2-11-21(12-3-1)31(26-17-7-4-13-22(26)23-14-5-8-18-27(23)31)28-19-10-16-25-24-15-6-9-20-29(24)32-30(25)28/h1-20H. The number of hydrogen-bond acceptors (Lipinski definition) is 1. The van der Waals surface area contributed by atoms with E-state index in [1.54, 1.807) is 0 Å². The fraction of sp³-hybridized carbons (Fsp3) is 0.0323. The second-order valence-corrected chi connectivity index (χ2v) is 8.49. The highest BCUT2D eigenvalue weighted by atomic mass is 16.3. The largest absolute Gasteiger partial charge is 0.456 e. The van der Waals surface area contributed by atoms with Crippen LogP contribution in [0.4, 0.5) is 0 Å². The molecule has 1 aromatic heterocycles. The molecule has 0 saturated heterocycles. The number of fused-ring (bicyclic) bond motifs is 6. The molecule has 0 atom stereocenters. The monoisotopic (exact) mass is 408 g/mol. The second kappa shape index (κ2) is 6.45.